The molecule has 0 radical (unpaired) electrons. The maximum absolute atomic E-state index is 12.8. The van der Waals surface area contributed by atoms with Crippen LogP contribution in [0.25, 0.3) is 6.08 Å². The van der Waals surface area contributed by atoms with Crippen LogP contribution in [-0.2, 0) is 15.0 Å². The molecule has 0 atom stereocenters. The Labute approximate surface area is 139 Å². The van der Waals surface area contributed by atoms with Gasteiger partial charge in [0.1, 0.15) is 6.54 Å². The third-order valence-corrected chi connectivity index (χ3v) is 7.45. The van der Waals surface area contributed by atoms with Crippen molar-refractivity contribution in [1.29, 1.82) is 0 Å². The first-order chi connectivity index (χ1) is 10.6. The average molecular weight is 353 g/mol. The molecule has 0 aromatic heterocycles. The minimum atomic E-state index is -3.78. The van der Waals surface area contributed by atoms with Crippen molar-refractivity contribution in [2.75, 3.05) is 17.4 Å². The lowest BCUT2D eigenvalue weighted by Gasteiger charge is -2.23. The van der Waals surface area contributed by atoms with Crippen LogP contribution in [0.4, 0.5) is 5.69 Å². The van der Waals surface area contributed by atoms with Gasteiger partial charge < -0.3 is 0 Å². The molecule has 1 aliphatic heterocycles. The Morgan fingerprint density at radius 2 is 1.96 bits per heavy atom. The fraction of sp³-hybridized carbons (Fsp3) is 0.438. The Morgan fingerprint density at radius 3 is 2.48 bits per heavy atom. The molecule has 7 heteroatoms. The van der Waals surface area contributed by atoms with Crippen LogP contribution in [0.2, 0.25) is 25.7 Å². The number of rotatable bonds is 5. The van der Waals surface area contributed by atoms with E-state index in [9.17, 15) is 13.2 Å². The molecule has 0 unspecified atom stereocenters. The predicted molar refractivity (Wildman–Crippen MR) is 97.4 cm³/mol. The zero-order valence-corrected chi connectivity index (χ0v) is 16.0. The topological polar surface area (TPSA) is 57.7 Å². The molecule has 1 fully saturated rings. The van der Waals surface area contributed by atoms with Crippen LogP contribution in [0.1, 0.15) is 11.1 Å². The predicted octanol–water partition coefficient (Wildman–Crippen LogP) is 2.87. The smallest absolute Gasteiger partial charge is 0.272 e. The minimum Gasteiger partial charge on any atom is -0.272 e. The Kier molecular flexibility index (Phi) is 4.73. The minimum absolute atomic E-state index is 0.123. The van der Waals surface area contributed by atoms with E-state index in [0.717, 1.165) is 21.5 Å². The Morgan fingerprint density at radius 1 is 1.30 bits per heavy atom. The number of carbonyl (C=O) groups is 1. The van der Waals surface area contributed by atoms with Gasteiger partial charge in [-0.2, -0.15) is 8.42 Å². The normalized spacial score (nSPS) is 17.7. The standard InChI is InChI=1S/C16H24N2O3SSi/c1-6-14-7-8-15(13(2)11-14)18-12-16(19)17(22(18,20)21)9-10-23(3,4)5/h6-8,11H,1,9-10,12H2,2-5H3. The molecule has 0 saturated carbocycles. The fourth-order valence-electron chi connectivity index (χ4n) is 2.50. The Bertz CT molecular complexity index is 738. The van der Waals surface area contributed by atoms with Gasteiger partial charge >= 0.3 is 10.2 Å². The lowest BCUT2D eigenvalue weighted by Crippen LogP contribution is -2.37. The molecule has 23 heavy (non-hydrogen) atoms. The third-order valence-electron chi connectivity index (χ3n) is 3.90. The first-order valence-corrected chi connectivity index (χ1v) is 12.7. The van der Waals surface area contributed by atoms with Crippen molar-refractivity contribution in [2.45, 2.75) is 32.6 Å². The molecule has 1 aliphatic rings. The van der Waals surface area contributed by atoms with Crippen molar-refractivity contribution in [1.82, 2.24) is 4.31 Å². The number of carbonyl (C=O) groups excluding carboxylic acids is 1. The summed E-state index contributed by atoms with van der Waals surface area (Å²) in [4.78, 5) is 12.2. The summed E-state index contributed by atoms with van der Waals surface area (Å²) >= 11 is 0. The molecule has 5 nitrogen and oxygen atoms in total. The number of amides is 1. The molecule has 1 heterocycles. The summed E-state index contributed by atoms with van der Waals surface area (Å²) in [5.41, 5.74) is 2.29. The summed E-state index contributed by atoms with van der Waals surface area (Å²) in [6.07, 6.45) is 1.71. The summed E-state index contributed by atoms with van der Waals surface area (Å²) in [6, 6.07) is 6.17. The summed E-state index contributed by atoms with van der Waals surface area (Å²) in [5, 5.41) is 0. The molecule has 1 saturated heterocycles. The van der Waals surface area contributed by atoms with Gasteiger partial charge in [-0.25, -0.2) is 8.61 Å². The van der Waals surface area contributed by atoms with Crippen LogP contribution in [0.5, 0.6) is 0 Å². The van der Waals surface area contributed by atoms with Crippen LogP contribution < -0.4 is 4.31 Å². The van der Waals surface area contributed by atoms with E-state index in [4.69, 9.17) is 0 Å². The monoisotopic (exact) mass is 352 g/mol. The molecule has 0 aliphatic carbocycles. The summed E-state index contributed by atoms with van der Waals surface area (Å²) < 4.78 is 27.8. The number of anilines is 1. The Balaban J connectivity index is 2.32. The van der Waals surface area contributed by atoms with E-state index in [1.165, 1.54) is 4.31 Å². The first-order valence-electron chi connectivity index (χ1n) is 7.62. The van der Waals surface area contributed by atoms with E-state index in [-0.39, 0.29) is 19.0 Å². The fourth-order valence-corrected chi connectivity index (χ4v) is 5.16. The third kappa shape index (κ3) is 3.67. The number of nitrogens with zero attached hydrogens (tertiary/aromatic N) is 2. The second kappa shape index (κ2) is 6.12. The Hall–Kier alpha value is -1.60. The van der Waals surface area contributed by atoms with E-state index in [2.05, 4.69) is 26.2 Å². The van der Waals surface area contributed by atoms with Gasteiger partial charge in [-0.15, -0.1) is 0 Å². The largest absolute Gasteiger partial charge is 0.329 e. The van der Waals surface area contributed by atoms with Crippen molar-refractivity contribution in [2.24, 2.45) is 0 Å². The van der Waals surface area contributed by atoms with Crippen molar-refractivity contribution in [3.63, 3.8) is 0 Å². The number of hydrogen-bond donors (Lipinski definition) is 0. The highest BCUT2D eigenvalue weighted by atomic mass is 32.2. The highest BCUT2D eigenvalue weighted by Crippen LogP contribution is 2.30. The zero-order chi connectivity index (χ0) is 17.4. The van der Waals surface area contributed by atoms with Crippen molar-refractivity contribution in [3.8, 4) is 0 Å². The van der Waals surface area contributed by atoms with Gasteiger partial charge in [-0.3, -0.25) is 4.79 Å². The lowest BCUT2D eigenvalue weighted by atomic mass is 10.1. The molecular formula is C16H24N2O3SSi. The molecule has 126 valence electrons. The van der Waals surface area contributed by atoms with Crippen LogP contribution in [-0.4, -0.2) is 39.8 Å². The van der Waals surface area contributed by atoms with E-state index in [1.807, 2.05) is 13.0 Å². The lowest BCUT2D eigenvalue weighted by molar-refractivity contribution is -0.123. The molecule has 0 spiro atoms. The molecular weight excluding hydrogens is 328 g/mol. The SMILES string of the molecule is C=Cc1ccc(N2CC(=O)N(CC[Si](C)(C)C)S2(=O)=O)c(C)c1. The summed E-state index contributed by atoms with van der Waals surface area (Å²) in [7, 11) is -5.21. The van der Waals surface area contributed by atoms with E-state index in [0.29, 0.717) is 5.69 Å². The number of benzene rings is 1. The van der Waals surface area contributed by atoms with Crippen LogP contribution in [0, 0.1) is 6.92 Å². The zero-order valence-electron chi connectivity index (χ0n) is 14.2. The molecule has 0 N–H and O–H groups in total. The van der Waals surface area contributed by atoms with E-state index < -0.39 is 18.3 Å². The average Bonchev–Trinajstić information content (AvgIpc) is 2.65. The molecule has 1 aromatic carbocycles. The van der Waals surface area contributed by atoms with Gasteiger partial charge in [0.15, 0.2) is 0 Å². The van der Waals surface area contributed by atoms with Gasteiger partial charge in [-0.1, -0.05) is 38.4 Å². The quantitative estimate of drug-likeness (QED) is 0.766. The summed E-state index contributed by atoms with van der Waals surface area (Å²) in [6.45, 7) is 12.2. The van der Waals surface area contributed by atoms with Crippen molar-refractivity contribution >= 4 is 36.0 Å². The van der Waals surface area contributed by atoms with Crippen molar-refractivity contribution in [3.05, 3.63) is 35.9 Å². The van der Waals surface area contributed by atoms with E-state index in [1.54, 1.807) is 18.2 Å². The highest BCUT2D eigenvalue weighted by molar-refractivity contribution is 7.91. The van der Waals surface area contributed by atoms with Crippen LogP contribution in [0.15, 0.2) is 24.8 Å². The highest BCUT2D eigenvalue weighted by Gasteiger charge is 2.43. The number of hydrogen-bond acceptors (Lipinski definition) is 3. The van der Waals surface area contributed by atoms with Crippen LogP contribution in [0.3, 0.4) is 0 Å². The molecule has 2 rings (SSSR count). The maximum Gasteiger partial charge on any atom is 0.329 e. The van der Waals surface area contributed by atoms with Crippen molar-refractivity contribution < 1.29 is 13.2 Å². The van der Waals surface area contributed by atoms with Gasteiger partial charge in [0, 0.05) is 14.6 Å². The van der Waals surface area contributed by atoms with Gasteiger partial charge in [0.2, 0.25) is 0 Å². The van der Waals surface area contributed by atoms with Gasteiger partial charge in [0.25, 0.3) is 5.91 Å². The maximum atomic E-state index is 12.8. The first kappa shape index (κ1) is 17.7. The second-order valence-corrected chi connectivity index (χ2v) is 14.4. The van der Waals surface area contributed by atoms with E-state index >= 15 is 0 Å². The molecule has 0 bridgehead atoms. The second-order valence-electron chi connectivity index (χ2n) is 7.04. The molecule has 1 aromatic rings. The molecule has 1 amide bonds. The van der Waals surface area contributed by atoms with Crippen LogP contribution >= 0.6 is 0 Å². The van der Waals surface area contributed by atoms with Gasteiger partial charge in [0.05, 0.1) is 5.69 Å². The number of aryl methyl sites for hydroxylation is 1. The van der Waals surface area contributed by atoms with Gasteiger partial charge in [-0.05, 0) is 36.2 Å². The summed E-state index contributed by atoms with van der Waals surface area (Å²) in [5.74, 6) is -0.351.